The number of benzene rings is 10. The number of fused-ring (bicyclic) bond motifs is 5. The minimum absolute atomic E-state index is 1.22. The van der Waals surface area contributed by atoms with Crippen LogP contribution in [0.2, 0.25) is 0 Å². The SMILES string of the molecule is c1ccc2cc(-c3ccc4c(-c5ccc(-c6cccc7ccccc67)cc5)c5ccccc5c(-c5ccc6ccccc6c5)c4c3)ccc2c1. The Morgan fingerprint density at radius 3 is 1.34 bits per heavy atom. The summed E-state index contributed by atoms with van der Waals surface area (Å²) in [5, 5.41) is 12.6. The molecule has 50 heavy (non-hydrogen) atoms. The van der Waals surface area contributed by atoms with E-state index in [2.05, 4.69) is 194 Å². The molecular formula is C50H32. The highest BCUT2D eigenvalue weighted by Gasteiger charge is 2.18. The molecule has 0 nitrogen and oxygen atoms in total. The first-order valence-corrected chi connectivity index (χ1v) is 17.3. The predicted molar refractivity (Wildman–Crippen MR) is 216 cm³/mol. The van der Waals surface area contributed by atoms with E-state index >= 15 is 0 Å². The topological polar surface area (TPSA) is 0 Å². The lowest BCUT2D eigenvalue weighted by atomic mass is 9.84. The van der Waals surface area contributed by atoms with Crippen LogP contribution in [0.4, 0.5) is 0 Å². The van der Waals surface area contributed by atoms with Gasteiger partial charge in [0.25, 0.3) is 0 Å². The maximum atomic E-state index is 2.42. The summed E-state index contributed by atoms with van der Waals surface area (Å²) >= 11 is 0. The zero-order valence-corrected chi connectivity index (χ0v) is 27.5. The van der Waals surface area contributed by atoms with Gasteiger partial charge in [-0.3, -0.25) is 0 Å². The standard InChI is InChI=1S/C50H32/c1-3-13-38-30-40(26-20-33(38)10-1)41-28-29-47-48(32-41)50(42-27-21-34-11-2-4-14-39(34)31-42)46-18-8-7-17-45(46)49(47)37-24-22-36(23-25-37)44-19-9-15-35-12-5-6-16-43(35)44/h1-32H. The molecule has 0 heteroatoms. The lowest BCUT2D eigenvalue weighted by molar-refractivity contribution is 1.63. The molecule has 10 aromatic rings. The quantitative estimate of drug-likeness (QED) is 0.169. The van der Waals surface area contributed by atoms with E-state index < -0.39 is 0 Å². The lowest BCUT2D eigenvalue weighted by Gasteiger charge is -2.19. The van der Waals surface area contributed by atoms with Gasteiger partial charge >= 0.3 is 0 Å². The summed E-state index contributed by atoms with van der Waals surface area (Å²) in [6.07, 6.45) is 0. The van der Waals surface area contributed by atoms with Crippen LogP contribution >= 0.6 is 0 Å². The van der Waals surface area contributed by atoms with Gasteiger partial charge in [0.1, 0.15) is 0 Å². The van der Waals surface area contributed by atoms with Gasteiger partial charge in [-0.25, -0.2) is 0 Å². The first-order valence-electron chi connectivity index (χ1n) is 17.3. The van der Waals surface area contributed by atoms with Crippen molar-refractivity contribution >= 4 is 53.9 Å². The molecule has 0 atom stereocenters. The molecule has 10 aromatic carbocycles. The third-order valence-corrected chi connectivity index (χ3v) is 10.4. The Hall–Kier alpha value is -6.50. The van der Waals surface area contributed by atoms with Gasteiger partial charge in [-0.1, -0.05) is 176 Å². The first kappa shape index (κ1) is 28.5. The van der Waals surface area contributed by atoms with E-state index in [0.717, 1.165) is 0 Å². The van der Waals surface area contributed by atoms with Crippen molar-refractivity contribution in [2.45, 2.75) is 0 Å². The Morgan fingerprint density at radius 1 is 0.200 bits per heavy atom. The summed E-state index contributed by atoms with van der Waals surface area (Å²) < 4.78 is 0. The van der Waals surface area contributed by atoms with Gasteiger partial charge in [-0.05, 0) is 117 Å². The van der Waals surface area contributed by atoms with Gasteiger partial charge in [-0.15, -0.1) is 0 Å². The summed E-state index contributed by atoms with van der Waals surface area (Å²) in [6, 6.07) is 71.5. The Morgan fingerprint density at radius 2 is 0.640 bits per heavy atom. The molecule has 0 heterocycles. The Labute approximate surface area is 291 Å². The minimum atomic E-state index is 1.22. The van der Waals surface area contributed by atoms with Gasteiger partial charge in [0.2, 0.25) is 0 Å². The fourth-order valence-electron chi connectivity index (χ4n) is 7.99. The van der Waals surface area contributed by atoms with Crippen molar-refractivity contribution in [1.29, 1.82) is 0 Å². The summed E-state index contributed by atoms with van der Waals surface area (Å²) in [4.78, 5) is 0. The molecule has 0 radical (unpaired) electrons. The largest absolute Gasteiger partial charge is 0.0616 e. The summed E-state index contributed by atoms with van der Waals surface area (Å²) in [6.45, 7) is 0. The van der Waals surface area contributed by atoms with E-state index in [4.69, 9.17) is 0 Å². The van der Waals surface area contributed by atoms with Gasteiger partial charge in [0.05, 0.1) is 0 Å². The zero-order chi connectivity index (χ0) is 33.0. The van der Waals surface area contributed by atoms with E-state index in [-0.39, 0.29) is 0 Å². The average Bonchev–Trinajstić information content (AvgIpc) is 3.19. The van der Waals surface area contributed by atoms with Crippen LogP contribution in [0, 0.1) is 0 Å². The number of hydrogen-bond acceptors (Lipinski definition) is 0. The fourth-order valence-corrected chi connectivity index (χ4v) is 7.99. The van der Waals surface area contributed by atoms with Crippen molar-refractivity contribution in [3.8, 4) is 44.5 Å². The molecule has 0 N–H and O–H groups in total. The minimum Gasteiger partial charge on any atom is -0.0616 e. The van der Waals surface area contributed by atoms with Crippen LogP contribution in [0.5, 0.6) is 0 Å². The molecule has 0 saturated heterocycles. The average molecular weight is 633 g/mol. The van der Waals surface area contributed by atoms with Crippen LogP contribution in [-0.2, 0) is 0 Å². The van der Waals surface area contributed by atoms with Crippen LogP contribution in [0.15, 0.2) is 194 Å². The van der Waals surface area contributed by atoms with Gasteiger partial charge < -0.3 is 0 Å². The molecule has 0 aliphatic heterocycles. The summed E-state index contributed by atoms with van der Waals surface area (Å²) in [5.74, 6) is 0. The van der Waals surface area contributed by atoms with Crippen LogP contribution in [0.25, 0.3) is 98.4 Å². The Bertz CT molecular complexity index is 2900. The lowest BCUT2D eigenvalue weighted by Crippen LogP contribution is -1.92. The highest BCUT2D eigenvalue weighted by atomic mass is 14.2. The second-order valence-corrected chi connectivity index (χ2v) is 13.3. The van der Waals surface area contributed by atoms with E-state index in [9.17, 15) is 0 Å². The van der Waals surface area contributed by atoms with Crippen LogP contribution in [-0.4, -0.2) is 0 Å². The predicted octanol–water partition coefficient (Wildman–Crippen LogP) is 14.1. The molecule has 0 aliphatic carbocycles. The van der Waals surface area contributed by atoms with Gasteiger partial charge in [0.15, 0.2) is 0 Å². The molecule has 0 unspecified atom stereocenters. The second-order valence-electron chi connectivity index (χ2n) is 13.3. The van der Waals surface area contributed by atoms with Gasteiger partial charge in [0, 0.05) is 0 Å². The van der Waals surface area contributed by atoms with Crippen LogP contribution in [0.1, 0.15) is 0 Å². The van der Waals surface area contributed by atoms with E-state index in [0.29, 0.717) is 0 Å². The fraction of sp³-hybridized carbons (Fsp3) is 0. The molecule has 0 bridgehead atoms. The van der Waals surface area contributed by atoms with E-state index in [1.54, 1.807) is 0 Å². The van der Waals surface area contributed by atoms with Crippen LogP contribution in [0.3, 0.4) is 0 Å². The maximum Gasteiger partial charge on any atom is -0.00259 e. The van der Waals surface area contributed by atoms with Crippen LogP contribution < -0.4 is 0 Å². The molecule has 0 aromatic heterocycles. The van der Waals surface area contributed by atoms with Gasteiger partial charge in [-0.2, -0.15) is 0 Å². The Kier molecular flexibility index (Phi) is 6.60. The van der Waals surface area contributed by atoms with Crippen molar-refractivity contribution in [2.24, 2.45) is 0 Å². The maximum absolute atomic E-state index is 2.42. The monoisotopic (exact) mass is 632 g/mol. The highest BCUT2D eigenvalue weighted by molar-refractivity contribution is 6.22. The zero-order valence-electron chi connectivity index (χ0n) is 27.5. The third-order valence-electron chi connectivity index (χ3n) is 10.4. The summed E-state index contributed by atoms with van der Waals surface area (Å²) in [5.41, 5.74) is 9.94. The molecule has 0 saturated carbocycles. The van der Waals surface area contributed by atoms with Crippen molar-refractivity contribution in [3.63, 3.8) is 0 Å². The highest BCUT2D eigenvalue weighted by Crippen LogP contribution is 2.46. The molecule has 0 amide bonds. The third kappa shape index (κ3) is 4.69. The number of hydrogen-bond donors (Lipinski definition) is 0. The summed E-state index contributed by atoms with van der Waals surface area (Å²) in [7, 11) is 0. The molecule has 0 spiro atoms. The smallest absolute Gasteiger partial charge is 0.00259 e. The van der Waals surface area contributed by atoms with Crippen molar-refractivity contribution in [1.82, 2.24) is 0 Å². The first-order chi connectivity index (χ1) is 24.8. The van der Waals surface area contributed by atoms with E-state index in [1.807, 2.05) is 0 Å². The normalized spacial score (nSPS) is 11.6. The van der Waals surface area contributed by atoms with Crippen molar-refractivity contribution < 1.29 is 0 Å². The Balaban J connectivity index is 1.23. The molecule has 0 fully saturated rings. The molecular weight excluding hydrogens is 601 g/mol. The van der Waals surface area contributed by atoms with E-state index in [1.165, 1.54) is 98.4 Å². The molecule has 232 valence electrons. The number of rotatable bonds is 4. The molecule has 0 aliphatic rings. The van der Waals surface area contributed by atoms with Crippen molar-refractivity contribution in [2.75, 3.05) is 0 Å². The molecule has 10 rings (SSSR count). The second kappa shape index (κ2) is 11.6. The van der Waals surface area contributed by atoms with Crippen molar-refractivity contribution in [3.05, 3.63) is 194 Å².